The molecule has 2 unspecified atom stereocenters. The second-order valence-corrected chi connectivity index (χ2v) is 8.43. The van der Waals surface area contributed by atoms with Crippen molar-refractivity contribution in [3.8, 4) is 5.75 Å². The maximum Gasteiger partial charge on any atom is 0.230 e. The predicted octanol–water partition coefficient (Wildman–Crippen LogP) is 5.11. The first-order valence-electron chi connectivity index (χ1n) is 10.2. The number of nitrogens with one attached hydrogen (secondary N) is 1. The Morgan fingerprint density at radius 1 is 1.06 bits per heavy atom. The van der Waals surface area contributed by atoms with Crippen LogP contribution in [0, 0.1) is 5.82 Å². The standard InChI is InChI=1S/C23H27FN4O2S/c1-15(2)28-22(17(4)30-20-13-9-8-12-19(20)24)26-27-23(28)31-14-21(29)25-16(3)18-10-6-5-7-11-18/h5-13,15-17H,14H2,1-4H3,(H,25,29). The van der Waals surface area contributed by atoms with E-state index in [1.807, 2.05) is 55.7 Å². The molecule has 1 aromatic heterocycles. The zero-order chi connectivity index (χ0) is 22.4. The summed E-state index contributed by atoms with van der Waals surface area (Å²) in [6.07, 6.45) is -0.506. The molecule has 8 heteroatoms. The van der Waals surface area contributed by atoms with Gasteiger partial charge in [0.15, 0.2) is 28.7 Å². The van der Waals surface area contributed by atoms with Crippen molar-refractivity contribution in [3.05, 3.63) is 71.8 Å². The lowest BCUT2D eigenvalue weighted by Crippen LogP contribution is -2.28. The summed E-state index contributed by atoms with van der Waals surface area (Å²) in [5.74, 6) is 0.445. The molecule has 0 saturated heterocycles. The predicted molar refractivity (Wildman–Crippen MR) is 120 cm³/mol. The number of hydrogen-bond acceptors (Lipinski definition) is 5. The minimum Gasteiger partial charge on any atom is -0.480 e. The van der Waals surface area contributed by atoms with E-state index in [1.165, 1.54) is 17.8 Å². The minimum atomic E-state index is -0.506. The monoisotopic (exact) mass is 442 g/mol. The van der Waals surface area contributed by atoms with E-state index in [9.17, 15) is 9.18 Å². The van der Waals surface area contributed by atoms with Crippen LogP contribution in [0.15, 0.2) is 59.8 Å². The van der Waals surface area contributed by atoms with E-state index in [4.69, 9.17) is 4.74 Å². The van der Waals surface area contributed by atoms with E-state index in [0.717, 1.165) is 5.56 Å². The third-order valence-electron chi connectivity index (χ3n) is 4.72. The summed E-state index contributed by atoms with van der Waals surface area (Å²) in [4.78, 5) is 12.4. The van der Waals surface area contributed by atoms with Crippen molar-refractivity contribution in [2.75, 3.05) is 5.75 Å². The van der Waals surface area contributed by atoms with E-state index >= 15 is 0 Å². The number of carbonyl (C=O) groups is 1. The van der Waals surface area contributed by atoms with Gasteiger partial charge < -0.3 is 14.6 Å². The van der Waals surface area contributed by atoms with E-state index in [1.54, 1.807) is 25.1 Å². The smallest absolute Gasteiger partial charge is 0.230 e. The first kappa shape index (κ1) is 22.8. The highest BCUT2D eigenvalue weighted by molar-refractivity contribution is 7.99. The molecule has 0 fully saturated rings. The molecule has 0 bridgehead atoms. The molecule has 1 amide bonds. The molecule has 0 aliphatic carbocycles. The molecule has 3 aromatic rings. The van der Waals surface area contributed by atoms with Gasteiger partial charge >= 0.3 is 0 Å². The molecule has 1 N–H and O–H groups in total. The first-order valence-corrected chi connectivity index (χ1v) is 11.2. The number of rotatable bonds is 9. The third kappa shape index (κ3) is 5.85. The molecule has 3 rings (SSSR count). The normalized spacial score (nSPS) is 13.1. The van der Waals surface area contributed by atoms with Gasteiger partial charge in [-0.15, -0.1) is 10.2 Å². The Kier molecular flexibility index (Phi) is 7.68. The molecule has 0 radical (unpaired) electrons. The van der Waals surface area contributed by atoms with Crippen LogP contribution in [0.4, 0.5) is 4.39 Å². The fourth-order valence-corrected chi connectivity index (χ4v) is 4.06. The second-order valence-electron chi connectivity index (χ2n) is 7.48. The highest BCUT2D eigenvalue weighted by Crippen LogP contribution is 2.28. The van der Waals surface area contributed by atoms with Crippen molar-refractivity contribution in [2.45, 2.75) is 51.0 Å². The quantitative estimate of drug-likeness (QED) is 0.467. The van der Waals surface area contributed by atoms with E-state index in [0.29, 0.717) is 11.0 Å². The third-order valence-corrected chi connectivity index (χ3v) is 5.66. The maximum absolute atomic E-state index is 14.0. The topological polar surface area (TPSA) is 69.0 Å². The lowest BCUT2D eigenvalue weighted by molar-refractivity contribution is -0.119. The van der Waals surface area contributed by atoms with Crippen molar-refractivity contribution in [1.82, 2.24) is 20.1 Å². The van der Waals surface area contributed by atoms with Crippen molar-refractivity contribution in [2.24, 2.45) is 0 Å². The summed E-state index contributed by atoms with van der Waals surface area (Å²) >= 11 is 1.32. The highest BCUT2D eigenvalue weighted by atomic mass is 32.2. The van der Waals surface area contributed by atoms with Crippen molar-refractivity contribution < 1.29 is 13.9 Å². The lowest BCUT2D eigenvalue weighted by atomic mass is 10.1. The van der Waals surface area contributed by atoms with Crippen LogP contribution >= 0.6 is 11.8 Å². The number of thioether (sulfide) groups is 1. The number of ether oxygens (including phenoxy) is 1. The average Bonchev–Trinajstić information content (AvgIpc) is 3.19. The molecule has 1 heterocycles. The lowest BCUT2D eigenvalue weighted by Gasteiger charge is -2.19. The number of nitrogens with zero attached hydrogens (tertiary/aromatic N) is 3. The summed E-state index contributed by atoms with van der Waals surface area (Å²) in [7, 11) is 0. The zero-order valence-electron chi connectivity index (χ0n) is 18.1. The van der Waals surface area contributed by atoms with Crippen LogP contribution in [-0.2, 0) is 4.79 Å². The summed E-state index contributed by atoms with van der Waals surface area (Å²) in [5.41, 5.74) is 1.05. The number of hydrogen-bond donors (Lipinski definition) is 1. The summed E-state index contributed by atoms with van der Waals surface area (Å²) in [6, 6.07) is 16.0. The number of amides is 1. The van der Waals surface area contributed by atoms with Gasteiger partial charge in [-0.2, -0.15) is 0 Å². The summed E-state index contributed by atoms with van der Waals surface area (Å²) < 4.78 is 21.6. The molecule has 0 saturated carbocycles. The van der Waals surface area contributed by atoms with E-state index < -0.39 is 11.9 Å². The van der Waals surface area contributed by atoms with Crippen LogP contribution in [0.1, 0.15) is 57.3 Å². The Morgan fingerprint density at radius 2 is 1.74 bits per heavy atom. The Bertz CT molecular complexity index is 1010. The SMILES string of the molecule is CC(NC(=O)CSc1nnc(C(C)Oc2ccccc2F)n1C(C)C)c1ccccc1. The Balaban J connectivity index is 1.66. The molecule has 0 aliphatic rings. The number of benzene rings is 2. The minimum absolute atomic E-state index is 0.0467. The molecule has 31 heavy (non-hydrogen) atoms. The maximum atomic E-state index is 14.0. The first-order chi connectivity index (χ1) is 14.9. The number of halogens is 1. The van der Waals surface area contributed by atoms with Gasteiger partial charge in [0, 0.05) is 6.04 Å². The summed E-state index contributed by atoms with van der Waals surface area (Å²) in [5, 5.41) is 12.1. The van der Waals surface area contributed by atoms with Crippen LogP contribution in [0.3, 0.4) is 0 Å². The molecule has 2 atom stereocenters. The van der Waals surface area contributed by atoms with E-state index in [2.05, 4.69) is 15.5 Å². The van der Waals surface area contributed by atoms with Gasteiger partial charge in [0.2, 0.25) is 5.91 Å². The van der Waals surface area contributed by atoms with E-state index in [-0.39, 0.29) is 29.5 Å². The van der Waals surface area contributed by atoms with Crippen LogP contribution in [0.25, 0.3) is 0 Å². The molecular weight excluding hydrogens is 415 g/mol. The van der Waals surface area contributed by atoms with Crippen LogP contribution in [0.5, 0.6) is 5.75 Å². The molecular formula is C23H27FN4O2S. The van der Waals surface area contributed by atoms with Crippen molar-refractivity contribution in [1.29, 1.82) is 0 Å². The van der Waals surface area contributed by atoms with Gasteiger partial charge in [-0.3, -0.25) is 4.79 Å². The van der Waals surface area contributed by atoms with Crippen molar-refractivity contribution >= 4 is 17.7 Å². The molecule has 0 spiro atoms. The average molecular weight is 443 g/mol. The van der Waals surface area contributed by atoms with Gasteiger partial charge in [0.25, 0.3) is 0 Å². The Labute approximate surface area is 186 Å². The van der Waals surface area contributed by atoms with Crippen molar-refractivity contribution in [3.63, 3.8) is 0 Å². The van der Waals surface area contributed by atoms with Gasteiger partial charge in [-0.25, -0.2) is 4.39 Å². The zero-order valence-corrected chi connectivity index (χ0v) is 18.9. The summed E-state index contributed by atoms with van der Waals surface area (Å²) in [6.45, 7) is 7.76. The largest absolute Gasteiger partial charge is 0.480 e. The van der Waals surface area contributed by atoms with Gasteiger partial charge in [0.05, 0.1) is 11.8 Å². The van der Waals surface area contributed by atoms with Gasteiger partial charge in [0.1, 0.15) is 0 Å². The number of para-hydroxylation sites is 1. The molecule has 2 aromatic carbocycles. The number of carbonyl (C=O) groups excluding carboxylic acids is 1. The highest BCUT2D eigenvalue weighted by Gasteiger charge is 2.23. The molecule has 6 nitrogen and oxygen atoms in total. The second kappa shape index (κ2) is 10.4. The molecule has 164 valence electrons. The molecule has 0 aliphatic heterocycles. The number of aromatic nitrogens is 3. The van der Waals surface area contributed by atoms with Crippen LogP contribution in [-0.4, -0.2) is 26.4 Å². The van der Waals surface area contributed by atoms with Gasteiger partial charge in [-0.05, 0) is 45.4 Å². The fourth-order valence-electron chi connectivity index (χ4n) is 3.17. The van der Waals surface area contributed by atoms with Crippen LogP contribution < -0.4 is 10.1 Å². The van der Waals surface area contributed by atoms with Gasteiger partial charge in [-0.1, -0.05) is 54.2 Å². The van der Waals surface area contributed by atoms with Crippen LogP contribution in [0.2, 0.25) is 0 Å². The fraction of sp³-hybridized carbons (Fsp3) is 0.348. The Morgan fingerprint density at radius 3 is 2.42 bits per heavy atom. The Hall–Kier alpha value is -2.87.